The van der Waals surface area contributed by atoms with Crippen LogP contribution in [0.1, 0.15) is 36.7 Å². The number of nitrogens with zero attached hydrogens (tertiary/aromatic N) is 1. The van der Waals surface area contributed by atoms with E-state index in [0.717, 1.165) is 37.4 Å². The number of benzene rings is 1. The second kappa shape index (κ2) is 7.79. The highest BCUT2D eigenvalue weighted by Gasteiger charge is 2.12. The number of hydrogen-bond acceptors (Lipinski definition) is 3. The van der Waals surface area contributed by atoms with E-state index < -0.39 is 5.97 Å². The topological polar surface area (TPSA) is 49.8 Å². The van der Waals surface area contributed by atoms with Gasteiger partial charge in [0.1, 0.15) is 5.75 Å². The van der Waals surface area contributed by atoms with Crippen LogP contribution < -0.4 is 4.74 Å². The summed E-state index contributed by atoms with van der Waals surface area (Å²) in [6.45, 7) is 9.54. The van der Waals surface area contributed by atoms with Crippen LogP contribution in [0.25, 0.3) is 0 Å². The molecule has 0 radical (unpaired) electrons. The molecule has 0 fully saturated rings. The fourth-order valence-corrected chi connectivity index (χ4v) is 2.06. The summed E-state index contributed by atoms with van der Waals surface area (Å²) >= 11 is 0. The lowest BCUT2D eigenvalue weighted by molar-refractivity contribution is 0.0695. The van der Waals surface area contributed by atoms with E-state index in [2.05, 4.69) is 18.7 Å². The van der Waals surface area contributed by atoms with Crippen LogP contribution in [-0.2, 0) is 6.42 Å². The first-order valence-electron chi connectivity index (χ1n) is 6.83. The van der Waals surface area contributed by atoms with E-state index in [4.69, 9.17) is 4.74 Å². The van der Waals surface area contributed by atoms with E-state index in [1.807, 2.05) is 13.0 Å². The van der Waals surface area contributed by atoms with Crippen molar-refractivity contribution in [3.8, 4) is 5.75 Å². The number of aromatic carboxylic acids is 1. The minimum Gasteiger partial charge on any atom is -0.494 e. The standard InChI is InChI=1S/C15H23NO3/c1-4-16(5-2)10-9-12-11-13(19-6-3)7-8-14(12)15(17)18/h7-8,11H,4-6,9-10H2,1-3H3,(H,17,18). The lowest BCUT2D eigenvalue weighted by Crippen LogP contribution is -2.25. The van der Waals surface area contributed by atoms with Crippen molar-refractivity contribution in [2.45, 2.75) is 27.2 Å². The highest BCUT2D eigenvalue weighted by atomic mass is 16.5. The summed E-state index contributed by atoms with van der Waals surface area (Å²) in [5.41, 5.74) is 1.21. The molecule has 0 bridgehead atoms. The molecule has 4 nitrogen and oxygen atoms in total. The zero-order chi connectivity index (χ0) is 14.3. The maximum atomic E-state index is 11.2. The fourth-order valence-electron chi connectivity index (χ4n) is 2.06. The van der Waals surface area contributed by atoms with Crippen LogP contribution in [0.5, 0.6) is 5.75 Å². The third-order valence-electron chi connectivity index (χ3n) is 3.21. The Bertz CT molecular complexity index is 414. The SMILES string of the molecule is CCOc1ccc(C(=O)O)c(CCN(CC)CC)c1. The summed E-state index contributed by atoms with van der Waals surface area (Å²) in [5.74, 6) is -0.139. The number of carbonyl (C=O) groups is 1. The summed E-state index contributed by atoms with van der Waals surface area (Å²) in [5, 5.41) is 9.21. The van der Waals surface area contributed by atoms with Crippen molar-refractivity contribution in [3.63, 3.8) is 0 Å². The van der Waals surface area contributed by atoms with Crippen LogP contribution >= 0.6 is 0 Å². The normalized spacial score (nSPS) is 10.7. The van der Waals surface area contributed by atoms with Crippen molar-refractivity contribution in [1.82, 2.24) is 4.90 Å². The minimum absolute atomic E-state index is 0.371. The zero-order valence-corrected chi connectivity index (χ0v) is 12.0. The van der Waals surface area contributed by atoms with Gasteiger partial charge in [-0.15, -0.1) is 0 Å². The third-order valence-corrected chi connectivity index (χ3v) is 3.21. The van der Waals surface area contributed by atoms with Gasteiger partial charge in [-0.25, -0.2) is 4.79 Å². The van der Waals surface area contributed by atoms with E-state index >= 15 is 0 Å². The maximum Gasteiger partial charge on any atom is 0.335 e. The Kier molecular flexibility index (Phi) is 6.36. The van der Waals surface area contributed by atoms with Crippen molar-refractivity contribution in [2.75, 3.05) is 26.2 Å². The molecule has 0 heterocycles. The van der Waals surface area contributed by atoms with E-state index in [1.165, 1.54) is 0 Å². The first-order valence-corrected chi connectivity index (χ1v) is 6.83. The minimum atomic E-state index is -0.877. The van der Waals surface area contributed by atoms with Gasteiger partial charge in [-0.2, -0.15) is 0 Å². The van der Waals surface area contributed by atoms with E-state index in [9.17, 15) is 9.90 Å². The first-order chi connectivity index (χ1) is 9.12. The number of carboxylic acids is 1. The van der Waals surface area contributed by atoms with Gasteiger partial charge >= 0.3 is 5.97 Å². The third kappa shape index (κ3) is 4.56. The number of likely N-dealkylation sites (N-methyl/N-ethyl adjacent to an activating group) is 1. The Labute approximate surface area is 115 Å². The lowest BCUT2D eigenvalue weighted by atomic mass is 10.0. The van der Waals surface area contributed by atoms with Crippen molar-refractivity contribution >= 4 is 5.97 Å². The van der Waals surface area contributed by atoms with Crippen LogP contribution in [0.15, 0.2) is 18.2 Å². The maximum absolute atomic E-state index is 11.2. The van der Waals surface area contributed by atoms with Crippen LogP contribution in [0.2, 0.25) is 0 Å². The first kappa shape index (κ1) is 15.5. The number of rotatable bonds is 8. The van der Waals surface area contributed by atoms with E-state index in [1.54, 1.807) is 12.1 Å². The quantitative estimate of drug-likeness (QED) is 0.785. The average Bonchev–Trinajstić information content (AvgIpc) is 2.40. The van der Waals surface area contributed by atoms with Crippen LogP contribution in [0.4, 0.5) is 0 Å². The second-order valence-electron chi connectivity index (χ2n) is 4.33. The molecule has 19 heavy (non-hydrogen) atoms. The molecule has 1 rings (SSSR count). The Balaban J connectivity index is 2.87. The molecular formula is C15H23NO3. The molecule has 0 saturated heterocycles. The highest BCUT2D eigenvalue weighted by molar-refractivity contribution is 5.89. The van der Waals surface area contributed by atoms with Crippen LogP contribution in [0, 0.1) is 0 Å². The Morgan fingerprint density at radius 1 is 1.26 bits per heavy atom. The number of carboxylic acid groups (broad SMARTS) is 1. The van der Waals surface area contributed by atoms with Gasteiger partial charge in [0.25, 0.3) is 0 Å². The molecule has 0 aliphatic rings. The smallest absolute Gasteiger partial charge is 0.335 e. The molecule has 0 atom stereocenters. The highest BCUT2D eigenvalue weighted by Crippen LogP contribution is 2.19. The van der Waals surface area contributed by atoms with Crippen molar-refractivity contribution in [2.24, 2.45) is 0 Å². The molecule has 0 spiro atoms. The summed E-state index contributed by atoms with van der Waals surface area (Å²) in [4.78, 5) is 13.5. The molecule has 0 aromatic heterocycles. The molecule has 0 aliphatic carbocycles. The fraction of sp³-hybridized carbons (Fsp3) is 0.533. The molecule has 0 unspecified atom stereocenters. The molecule has 1 aromatic rings. The zero-order valence-electron chi connectivity index (χ0n) is 12.0. The van der Waals surface area contributed by atoms with Crippen molar-refractivity contribution in [1.29, 1.82) is 0 Å². The van der Waals surface area contributed by atoms with Gasteiger partial charge in [-0.05, 0) is 50.2 Å². The van der Waals surface area contributed by atoms with Gasteiger partial charge in [-0.3, -0.25) is 0 Å². The largest absolute Gasteiger partial charge is 0.494 e. The lowest BCUT2D eigenvalue weighted by Gasteiger charge is -2.18. The monoisotopic (exact) mass is 265 g/mol. The number of ether oxygens (including phenoxy) is 1. The molecule has 4 heteroatoms. The van der Waals surface area contributed by atoms with Crippen LogP contribution in [0.3, 0.4) is 0 Å². The van der Waals surface area contributed by atoms with Crippen molar-refractivity contribution in [3.05, 3.63) is 29.3 Å². The second-order valence-corrected chi connectivity index (χ2v) is 4.33. The Hall–Kier alpha value is -1.55. The average molecular weight is 265 g/mol. The van der Waals surface area contributed by atoms with E-state index in [-0.39, 0.29) is 0 Å². The van der Waals surface area contributed by atoms with Gasteiger partial charge in [0.05, 0.1) is 12.2 Å². The molecule has 0 aliphatic heterocycles. The molecule has 0 saturated carbocycles. The molecule has 106 valence electrons. The summed E-state index contributed by atoms with van der Waals surface area (Å²) in [6, 6.07) is 5.19. The molecule has 0 amide bonds. The summed E-state index contributed by atoms with van der Waals surface area (Å²) in [7, 11) is 0. The van der Waals surface area contributed by atoms with Gasteiger partial charge in [0, 0.05) is 6.54 Å². The Morgan fingerprint density at radius 3 is 2.47 bits per heavy atom. The molecule has 1 N–H and O–H groups in total. The van der Waals surface area contributed by atoms with Crippen molar-refractivity contribution < 1.29 is 14.6 Å². The van der Waals surface area contributed by atoms with Gasteiger partial charge in [0.15, 0.2) is 0 Å². The Morgan fingerprint density at radius 2 is 1.95 bits per heavy atom. The predicted octanol–water partition coefficient (Wildman–Crippen LogP) is 2.67. The molecule has 1 aromatic carbocycles. The molecular weight excluding hydrogens is 242 g/mol. The summed E-state index contributed by atoms with van der Waals surface area (Å²) in [6.07, 6.45) is 0.726. The number of hydrogen-bond donors (Lipinski definition) is 1. The van der Waals surface area contributed by atoms with Crippen LogP contribution in [-0.4, -0.2) is 42.2 Å². The summed E-state index contributed by atoms with van der Waals surface area (Å²) < 4.78 is 5.43. The van der Waals surface area contributed by atoms with E-state index in [0.29, 0.717) is 12.2 Å². The predicted molar refractivity (Wildman–Crippen MR) is 76.1 cm³/mol. The van der Waals surface area contributed by atoms with Gasteiger partial charge < -0.3 is 14.7 Å². The van der Waals surface area contributed by atoms with Gasteiger partial charge in [0.2, 0.25) is 0 Å². The van der Waals surface area contributed by atoms with Gasteiger partial charge in [-0.1, -0.05) is 13.8 Å².